The van der Waals surface area contributed by atoms with Crippen LogP contribution >= 0.6 is 11.3 Å². The molecule has 0 unspecified atom stereocenters. The molecule has 0 bridgehead atoms. The van der Waals surface area contributed by atoms with Crippen LogP contribution < -0.4 is 0 Å². The predicted octanol–water partition coefficient (Wildman–Crippen LogP) is 2.29. The van der Waals surface area contributed by atoms with Gasteiger partial charge in [0.15, 0.2) is 5.82 Å². The van der Waals surface area contributed by atoms with Crippen LogP contribution in [0.15, 0.2) is 23.0 Å². The number of carbonyl (C=O) groups excluding carboxylic acids is 1. The van der Waals surface area contributed by atoms with Gasteiger partial charge in [0.25, 0.3) is 0 Å². The van der Waals surface area contributed by atoms with E-state index >= 15 is 0 Å². The first kappa shape index (κ1) is 17.2. The number of ketones is 1. The van der Waals surface area contributed by atoms with E-state index in [-0.39, 0.29) is 30.6 Å². The van der Waals surface area contributed by atoms with Gasteiger partial charge in [-0.25, -0.2) is 9.67 Å². The molecule has 0 saturated heterocycles. The summed E-state index contributed by atoms with van der Waals surface area (Å²) >= 11 is 1.16. The van der Waals surface area contributed by atoms with Crippen molar-refractivity contribution in [3.63, 3.8) is 0 Å². The zero-order valence-electron chi connectivity index (χ0n) is 12.6. The van der Waals surface area contributed by atoms with Crippen LogP contribution in [0.3, 0.4) is 0 Å². The molecule has 25 heavy (non-hydrogen) atoms. The molecular formula is C13H10F3N5O3S. The standard InChI is InChI=1S/C13H10F3N5O3S/c1-23-5-8(22)11-17-6-18-21(11)4-7-2-3-9(25-7)10-19-12(24-20-10)13(14,15)16/h2-3,6H,4-5H2,1H3. The average Bonchev–Trinajstić information content (AvgIpc) is 3.27. The van der Waals surface area contributed by atoms with Gasteiger partial charge in [-0.2, -0.15) is 23.3 Å². The van der Waals surface area contributed by atoms with E-state index in [0.29, 0.717) is 4.88 Å². The summed E-state index contributed by atoms with van der Waals surface area (Å²) in [6, 6.07) is 3.24. The highest BCUT2D eigenvalue weighted by molar-refractivity contribution is 7.15. The molecule has 3 heterocycles. The first-order valence-electron chi connectivity index (χ1n) is 6.78. The van der Waals surface area contributed by atoms with Gasteiger partial charge in [0, 0.05) is 12.0 Å². The second kappa shape index (κ2) is 6.72. The molecular weight excluding hydrogens is 363 g/mol. The highest BCUT2D eigenvalue weighted by Gasteiger charge is 2.38. The van der Waals surface area contributed by atoms with Crippen LogP contribution in [0.2, 0.25) is 0 Å². The fourth-order valence-electron chi connectivity index (χ4n) is 1.96. The summed E-state index contributed by atoms with van der Waals surface area (Å²) in [7, 11) is 1.39. The molecule has 3 aromatic rings. The Bertz CT molecular complexity index is 885. The number of methoxy groups -OCH3 is 1. The average molecular weight is 373 g/mol. The van der Waals surface area contributed by atoms with Gasteiger partial charge in [-0.1, -0.05) is 5.16 Å². The second-order valence-corrected chi connectivity index (χ2v) is 5.95. The predicted molar refractivity (Wildman–Crippen MR) is 77.9 cm³/mol. The van der Waals surface area contributed by atoms with Crippen LogP contribution in [0.25, 0.3) is 10.7 Å². The number of carbonyl (C=O) groups is 1. The minimum Gasteiger partial charge on any atom is -0.376 e. The Balaban J connectivity index is 1.78. The molecule has 0 amide bonds. The molecule has 132 valence electrons. The number of ether oxygens (including phenoxy) is 1. The maximum Gasteiger partial charge on any atom is 0.471 e. The Morgan fingerprint density at radius 1 is 1.40 bits per heavy atom. The maximum absolute atomic E-state index is 12.5. The molecule has 3 rings (SSSR count). The summed E-state index contributed by atoms with van der Waals surface area (Å²) < 4.78 is 47.9. The number of hydrogen-bond donors (Lipinski definition) is 0. The Hall–Kier alpha value is -2.60. The van der Waals surface area contributed by atoms with Crippen molar-refractivity contribution in [3.8, 4) is 10.7 Å². The van der Waals surface area contributed by atoms with Gasteiger partial charge in [0.05, 0.1) is 11.4 Å². The lowest BCUT2D eigenvalue weighted by Gasteiger charge is -2.03. The maximum atomic E-state index is 12.5. The van der Waals surface area contributed by atoms with E-state index in [0.717, 1.165) is 16.2 Å². The number of Topliss-reactive ketones (excluding diaryl/α,β-unsaturated/α-hetero) is 1. The molecule has 3 aromatic heterocycles. The van der Waals surface area contributed by atoms with Crippen molar-refractivity contribution in [3.05, 3.63) is 35.1 Å². The van der Waals surface area contributed by atoms with Gasteiger partial charge >= 0.3 is 12.1 Å². The van der Waals surface area contributed by atoms with E-state index in [4.69, 9.17) is 4.74 Å². The van der Waals surface area contributed by atoms with E-state index in [1.807, 2.05) is 0 Å². The van der Waals surface area contributed by atoms with Crippen LogP contribution in [0.5, 0.6) is 0 Å². The van der Waals surface area contributed by atoms with Gasteiger partial charge in [-0.05, 0) is 12.1 Å². The number of aromatic nitrogens is 5. The zero-order valence-corrected chi connectivity index (χ0v) is 13.5. The normalized spacial score (nSPS) is 11.8. The van der Waals surface area contributed by atoms with Crippen molar-refractivity contribution >= 4 is 17.1 Å². The topological polar surface area (TPSA) is 95.9 Å². The van der Waals surface area contributed by atoms with Crippen molar-refractivity contribution in [1.29, 1.82) is 0 Å². The van der Waals surface area contributed by atoms with Crippen LogP contribution in [-0.4, -0.2) is 44.4 Å². The third kappa shape index (κ3) is 3.74. The Labute approximate surface area is 142 Å². The van der Waals surface area contributed by atoms with Crippen LogP contribution in [0.1, 0.15) is 21.4 Å². The van der Waals surface area contributed by atoms with E-state index in [9.17, 15) is 18.0 Å². The molecule has 0 atom stereocenters. The van der Waals surface area contributed by atoms with Gasteiger partial charge in [-0.3, -0.25) is 4.79 Å². The molecule has 0 aliphatic carbocycles. The molecule has 12 heteroatoms. The smallest absolute Gasteiger partial charge is 0.376 e. The number of rotatable bonds is 6. The molecule has 8 nitrogen and oxygen atoms in total. The third-order valence-corrected chi connectivity index (χ3v) is 4.06. The van der Waals surface area contributed by atoms with Crippen molar-refractivity contribution < 1.29 is 27.2 Å². The summed E-state index contributed by atoms with van der Waals surface area (Å²) in [6.07, 6.45) is -3.45. The van der Waals surface area contributed by atoms with Crippen molar-refractivity contribution in [2.75, 3.05) is 13.7 Å². The number of thiophene rings is 1. The highest BCUT2D eigenvalue weighted by Crippen LogP contribution is 2.31. The van der Waals surface area contributed by atoms with Crippen molar-refractivity contribution in [2.45, 2.75) is 12.7 Å². The Morgan fingerprint density at radius 3 is 2.88 bits per heavy atom. The summed E-state index contributed by atoms with van der Waals surface area (Å²) in [6.45, 7) is 0.0941. The van der Waals surface area contributed by atoms with Gasteiger partial charge < -0.3 is 9.26 Å². The number of alkyl halides is 3. The number of halogens is 3. The minimum atomic E-state index is -4.69. The van der Waals surface area contributed by atoms with E-state index in [1.165, 1.54) is 18.1 Å². The summed E-state index contributed by atoms with van der Waals surface area (Å²) in [5.74, 6) is -1.75. The molecule has 0 aliphatic rings. The van der Waals surface area contributed by atoms with Crippen LogP contribution in [0, 0.1) is 0 Å². The van der Waals surface area contributed by atoms with Gasteiger partial charge in [0.2, 0.25) is 11.6 Å². The lowest BCUT2D eigenvalue weighted by molar-refractivity contribution is -0.159. The van der Waals surface area contributed by atoms with Crippen LogP contribution in [-0.2, 0) is 17.5 Å². The molecule has 0 radical (unpaired) electrons. The molecule has 0 aromatic carbocycles. The summed E-state index contributed by atoms with van der Waals surface area (Å²) in [4.78, 5) is 20.2. The summed E-state index contributed by atoms with van der Waals surface area (Å²) in [5, 5.41) is 7.30. The molecule has 0 spiro atoms. The van der Waals surface area contributed by atoms with Crippen LogP contribution in [0.4, 0.5) is 13.2 Å². The van der Waals surface area contributed by atoms with Gasteiger partial charge in [0.1, 0.15) is 12.9 Å². The lowest BCUT2D eigenvalue weighted by Crippen LogP contribution is -2.16. The number of hydrogen-bond acceptors (Lipinski definition) is 8. The molecule has 0 aliphatic heterocycles. The number of nitrogens with zero attached hydrogens (tertiary/aromatic N) is 5. The molecule has 0 N–H and O–H groups in total. The Morgan fingerprint density at radius 2 is 2.20 bits per heavy atom. The van der Waals surface area contributed by atoms with Gasteiger partial charge in [-0.15, -0.1) is 11.3 Å². The van der Waals surface area contributed by atoms with Crippen molar-refractivity contribution in [1.82, 2.24) is 24.9 Å². The quantitative estimate of drug-likeness (QED) is 0.612. The molecule has 0 saturated carbocycles. The summed E-state index contributed by atoms with van der Waals surface area (Å²) in [5.41, 5.74) is 0. The minimum absolute atomic E-state index is 0.128. The van der Waals surface area contributed by atoms with E-state index < -0.39 is 12.1 Å². The SMILES string of the molecule is COCC(=O)c1ncnn1Cc1ccc(-c2noc(C(F)(F)F)n2)s1. The largest absolute Gasteiger partial charge is 0.471 e. The first-order chi connectivity index (χ1) is 11.9. The fourth-order valence-corrected chi connectivity index (χ4v) is 2.88. The van der Waals surface area contributed by atoms with E-state index in [2.05, 4.69) is 24.7 Å². The monoisotopic (exact) mass is 373 g/mol. The lowest BCUT2D eigenvalue weighted by atomic mass is 10.3. The van der Waals surface area contributed by atoms with Crippen molar-refractivity contribution in [2.24, 2.45) is 0 Å². The van der Waals surface area contributed by atoms with E-state index in [1.54, 1.807) is 12.1 Å². The zero-order chi connectivity index (χ0) is 18.0. The highest BCUT2D eigenvalue weighted by atomic mass is 32.1. The third-order valence-electron chi connectivity index (χ3n) is 3.00. The first-order valence-corrected chi connectivity index (χ1v) is 7.60. The fraction of sp³-hybridized carbons (Fsp3) is 0.308. The molecule has 0 fully saturated rings. The Kier molecular flexibility index (Phi) is 4.63. The second-order valence-electron chi connectivity index (χ2n) is 4.78.